The number of hydrogen-bond donors (Lipinski definition) is 0. The molecular formula is C10H16. The molecule has 0 heteroatoms. The lowest BCUT2D eigenvalue weighted by Crippen LogP contribution is -1.90. The quantitative estimate of drug-likeness (QED) is 0.512. The van der Waals surface area contributed by atoms with Crippen molar-refractivity contribution >= 4 is 0 Å². The van der Waals surface area contributed by atoms with Gasteiger partial charge in [-0.1, -0.05) is 32.3 Å². The van der Waals surface area contributed by atoms with Crippen LogP contribution in [0.2, 0.25) is 0 Å². The smallest absolute Gasteiger partial charge is 0.00235 e. The van der Waals surface area contributed by atoms with Crippen LogP contribution in [-0.2, 0) is 0 Å². The van der Waals surface area contributed by atoms with Crippen molar-refractivity contribution in [3.63, 3.8) is 0 Å². The Balaban J connectivity index is 4.13. The van der Waals surface area contributed by atoms with Crippen molar-refractivity contribution in [2.24, 2.45) is 5.92 Å². The Labute approximate surface area is 64.3 Å². The van der Waals surface area contributed by atoms with Gasteiger partial charge in [-0.2, -0.15) is 0 Å². The Morgan fingerprint density at radius 3 is 2.40 bits per heavy atom. The van der Waals surface area contributed by atoms with Gasteiger partial charge in [-0.15, -0.1) is 5.92 Å². The molecule has 0 atom stereocenters. The van der Waals surface area contributed by atoms with Crippen LogP contribution in [0, 0.1) is 17.8 Å². The summed E-state index contributed by atoms with van der Waals surface area (Å²) in [6, 6.07) is 0. The summed E-state index contributed by atoms with van der Waals surface area (Å²) in [6.07, 6.45) is 3.15. The summed E-state index contributed by atoms with van der Waals surface area (Å²) in [5, 5.41) is 0. The Morgan fingerprint density at radius 2 is 2.10 bits per heavy atom. The summed E-state index contributed by atoms with van der Waals surface area (Å²) in [6.45, 7) is 8.44. The second-order valence-corrected chi connectivity index (χ2v) is 2.62. The molecule has 0 fully saturated rings. The molecule has 0 aromatic carbocycles. The van der Waals surface area contributed by atoms with Gasteiger partial charge in [0.1, 0.15) is 0 Å². The molecule has 0 nitrogen and oxygen atoms in total. The first kappa shape index (κ1) is 9.30. The Morgan fingerprint density at radius 1 is 1.50 bits per heavy atom. The molecular weight excluding hydrogens is 120 g/mol. The second kappa shape index (κ2) is 5.11. The third-order valence-electron chi connectivity index (χ3n) is 1.55. The first-order valence-corrected chi connectivity index (χ1v) is 3.83. The summed E-state index contributed by atoms with van der Waals surface area (Å²) in [4.78, 5) is 0. The van der Waals surface area contributed by atoms with Gasteiger partial charge < -0.3 is 0 Å². The zero-order valence-corrected chi connectivity index (χ0v) is 7.36. The molecule has 0 heterocycles. The van der Waals surface area contributed by atoms with Crippen molar-refractivity contribution in [3.8, 4) is 11.8 Å². The van der Waals surface area contributed by atoms with Crippen LogP contribution in [0.15, 0.2) is 11.6 Å². The second-order valence-electron chi connectivity index (χ2n) is 2.62. The topological polar surface area (TPSA) is 0 Å². The van der Waals surface area contributed by atoms with Crippen LogP contribution in [0.5, 0.6) is 0 Å². The third kappa shape index (κ3) is 3.35. The highest BCUT2D eigenvalue weighted by molar-refractivity contribution is 5.21. The summed E-state index contributed by atoms with van der Waals surface area (Å²) < 4.78 is 0. The molecule has 0 bridgehead atoms. The van der Waals surface area contributed by atoms with Gasteiger partial charge in [-0.3, -0.25) is 0 Å². The minimum Gasteiger partial charge on any atom is -0.102 e. The fourth-order valence-electron chi connectivity index (χ4n) is 0.842. The van der Waals surface area contributed by atoms with Gasteiger partial charge in [0, 0.05) is 0 Å². The molecule has 0 radical (unpaired) electrons. The lowest BCUT2D eigenvalue weighted by atomic mass is 10.0. The summed E-state index contributed by atoms with van der Waals surface area (Å²) >= 11 is 0. The molecule has 0 saturated heterocycles. The fraction of sp³-hybridized carbons (Fsp3) is 0.600. The van der Waals surface area contributed by atoms with Gasteiger partial charge in [0.2, 0.25) is 0 Å². The monoisotopic (exact) mass is 136 g/mol. The van der Waals surface area contributed by atoms with E-state index in [-0.39, 0.29) is 0 Å². The van der Waals surface area contributed by atoms with E-state index in [0.717, 1.165) is 6.42 Å². The van der Waals surface area contributed by atoms with Gasteiger partial charge in [-0.25, -0.2) is 0 Å². The van der Waals surface area contributed by atoms with Gasteiger partial charge in [0.15, 0.2) is 0 Å². The molecule has 0 spiro atoms. The molecule has 0 aromatic rings. The average molecular weight is 136 g/mol. The van der Waals surface area contributed by atoms with Gasteiger partial charge >= 0.3 is 0 Å². The van der Waals surface area contributed by atoms with Crippen LogP contribution in [-0.4, -0.2) is 0 Å². The summed E-state index contributed by atoms with van der Waals surface area (Å²) in [7, 11) is 0. The summed E-state index contributed by atoms with van der Waals surface area (Å²) in [5.74, 6) is 6.47. The molecule has 56 valence electrons. The molecule has 0 N–H and O–H groups in total. The van der Waals surface area contributed by atoms with Crippen LogP contribution < -0.4 is 0 Å². The molecule has 0 aliphatic rings. The SMILES string of the molecule is CC#CC=C(CC)C(C)C. The van der Waals surface area contributed by atoms with E-state index in [1.54, 1.807) is 0 Å². The normalized spacial score (nSPS) is 11.1. The van der Waals surface area contributed by atoms with Crippen molar-refractivity contribution < 1.29 is 0 Å². The van der Waals surface area contributed by atoms with Crippen molar-refractivity contribution in [2.45, 2.75) is 34.1 Å². The molecule has 0 rings (SSSR count). The van der Waals surface area contributed by atoms with E-state index >= 15 is 0 Å². The minimum absolute atomic E-state index is 0.644. The van der Waals surface area contributed by atoms with E-state index in [0.29, 0.717) is 5.92 Å². The highest BCUT2D eigenvalue weighted by atomic mass is 14.0. The molecule has 0 unspecified atom stereocenters. The molecule has 0 aliphatic carbocycles. The number of allylic oxidation sites excluding steroid dienone is 2. The van der Waals surface area contributed by atoms with Gasteiger partial charge in [-0.05, 0) is 25.3 Å². The largest absolute Gasteiger partial charge is 0.102 e. The predicted octanol–water partition coefficient (Wildman–Crippen LogP) is 3.00. The van der Waals surface area contributed by atoms with Gasteiger partial charge in [0.25, 0.3) is 0 Å². The Bertz CT molecular complexity index is 162. The molecule has 0 aliphatic heterocycles. The van der Waals surface area contributed by atoms with Crippen LogP contribution >= 0.6 is 0 Å². The van der Waals surface area contributed by atoms with E-state index in [9.17, 15) is 0 Å². The molecule has 0 amide bonds. The lowest BCUT2D eigenvalue weighted by Gasteiger charge is -2.05. The van der Waals surface area contributed by atoms with Gasteiger partial charge in [0.05, 0.1) is 0 Å². The Hall–Kier alpha value is -0.700. The zero-order chi connectivity index (χ0) is 7.98. The first-order chi connectivity index (χ1) is 4.72. The summed E-state index contributed by atoms with van der Waals surface area (Å²) in [5.41, 5.74) is 1.44. The highest BCUT2D eigenvalue weighted by Gasteiger charge is 1.97. The lowest BCUT2D eigenvalue weighted by molar-refractivity contribution is 0.733. The highest BCUT2D eigenvalue weighted by Crippen LogP contribution is 2.11. The van der Waals surface area contributed by atoms with E-state index in [1.807, 2.05) is 13.0 Å². The van der Waals surface area contributed by atoms with E-state index < -0.39 is 0 Å². The third-order valence-corrected chi connectivity index (χ3v) is 1.55. The van der Waals surface area contributed by atoms with E-state index in [4.69, 9.17) is 0 Å². The van der Waals surface area contributed by atoms with Crippen LogP contribution in [0.3, 0.4) is 0 Å². The minimum atomic E-state index is 0.644. The van der Waals surface area contributed by atoms with Crippen molar-refractivity contribution in [1.29, 1.82) is 0 Å². The van der Waals surface area contributed by atoms with Crippen LogP contribution in [0.25, 0.3) is 0 Å². The molecule has 0 aromatic heterocycles. The Kier molecular flexibility index (Phi) is 4.76. The maximum absolute atomic E-state index is 2.97. The standard InChI is InChI=1S/C10H16/c1-5-7-8-10(6-2)9(3)4/h8-9H,6H2,1-4H3. The van der Waals surface area contributed by atoms with Crippen molar-refractivity contribution in [2.75, 3.05) is 0 Å². The molecule has 0 saturated carbocycles. The van der Waals surface area contributed by atoms with Crippen LogP contribution in [0.4, 0.5) is 0 Å². The van der Waals surface area contributed by atoms with Crippen molar-refractivity contribution in [3.05, 3.63) is 11.6 Å². The zero-order valence-electron chi connectivity index (χ0n) is 7.36. The fourth-order valence-corrected chi connectivity index (χ4v) is 0.842. The number of rotatable bonds is 2. The van der Waals surface area contributed by atoms with Crippen LogP contribution in [0.1, 0.15) is 34.1 Å². The van der Waals surface area contributed by atoms with E-state index in [1.165, 1.54) is 5.57 Å². The molecule has 10 heavy (non-hydrogen) atoms. The maximum Gasteiger partial charge on any atom is -0.00235 e. The average Bonchev–Trinajstić information content (AvgIpc) is 1.89. The van der Waals surface area contributed by atoms with Crippen molar-refractivity contribution in [1.82, 2.24) is 0 Å². The first-order valence-electron chi connectivity index (χ1n) is 3.83. The maximum atomic E-state index is 2.97. The predicted molar refractivity (Wildman–Crippen MR) is 46.7 cm³/mol. The van der Waals surface area contributed by atoms with E-state index in [2.05, 4.69) is 32.6 Å². The number of hydrogen-bond acceptors (Lipinski definition) is 0.